The molecule has 1 aliphatic heterocycles. The molecule has 1 fully saturated rings. The first-order valence-electron chi connectivity index (χ1n) is 7.06. The Balaban J connectivity index is 1.72. The van der Waals surface area contributed by atoms with E-state index in [1.54, 1.807) is 0 Å². The van der Waals surface area contributed by atoms with E-state index in [-0.39, 0.29) is 31.4 Å². The molecule has 0 radical (unpaired) electrons. The highest BCUT2D eigenvalue weighted by molar-refractivity contribution is 7.88. The van der Waals surface area contributed by atoms with Gasteiger partial charge in [0.25, 0.3) is 5.91 Å². The number of halogens is 1. The van der Waals surface area contributed by atoms with E-state index in [0.29, 0.717) is 18.9 Å². The van der Waals surface area contributed by atoms with E-state index in [0.717, 1.165) is 6.26 Å². The number of carbonyl (C=O) groups is 1. The number of morpholine rings is 1. The molecule has 128 valence electrons. The molecule has 1 amide bonds. The highest BCUT2D eigenvalue weighted by Gasteiger charge is 2.26. The number of ether oxygens (including phenoxy) is 2. The largest absolute Gasteiger partial charge is 0.484 e. The lowest BCUT2D eigenvalue weighted by atomic mass is 10.3. The highest BCUT2D eigenvalue weighted by atomic mass is 32.2. The summed E-state index contributed by atoms with van der Waals surface area (Å²) in [6.07, 6.45) is 0.748. The van der Waals surface area contributed by atoms with Crippen molar-refractivity contribution < 1.29 is 27.1 Å². The van der Waals surface area contributed by atoms with E-state index in [1.165, 1.54) is 28.6 Å². The van der Waals surface area contributed by atoms with Gasteiger partial charge in [-0.05, 0) is 24.3 Å². The zero-order chi connectivity index (χ0) is 16.9. The lowest BCUT2D eigenvalue weighted by molar-refractivity contribution is -0.124. The second-order valence-electron chi connectivity index (χ2n) is 5.16. The van der Waals surface area contributed by atoms with Gasteiger partial charge in [0.15, 0.2) is 6.61 Å². The number of carbonyl (C=O) groups excluding carboxylic acids is 1. The molecule has 2 rings (SSSR count). The Morgan fingerprint density at radius 2 is 2.13 bits per heavy atom. The van der Waals surface area contributed by atoms with E-state index in [2.05, 4.69) is 5.32 Å². The first-order valence-corrected chi connectivity index (χ1v) is 8.91. The van der Waals surface area contributed by atoms with Crippen molar-refractivity contribution in [2.45, 2.75) is 6.10 Å². The summed E-state index contributed by atoms with van der Waals surface area (Å²) in [5.41, 5.74) is 0. The van der Waals surface area contributed by atoms with Crippen LogP contribution in [-0.4, -0.2) is 63.8 Å². The van der Waals surface area contributed by atoms with Gasteiger partial charge in [0.2, 0.25) is 10.0 Å². The number of benzene rings is 1. The molecule has 1 aromatic carbocycles. The lowest BCUT2D eigenvalue weighted by Crippen LogP contribution is -2.49. The van der Waals surface area contributed by atoms with Crippen LogP contribution in [0.4, 0.5) is 4.39 Å². The van der Waals surface area contributed by atoms with Crippen molar-refractivity contribution in [1.82, 2.24) is 9.62 Å². The van der Waals surface area contributed by atoms with E-state index in [4.69, 9.17) is 9.47 Å². The van der Waals surface area contributed by atoms with Gasteiger partial charge in [0.05, 0.1) is 19.0 Å². The monoisotopic (exact) mass is 346 g/mol. The second-order valence-corrected chi connectivity index (χ2v) is 7.14. The third kappa shape index (κ3) is 5.77. The number of sulfonamides is 1. The molecule has 1 aliphatic rings. The zero-order valence-electron chi connectivity index (χ0n) is 12.7. The Kier molecular flexibility index (Phi) is 5.91. The van der Waals surface area contributed by atoms with Crippen molar-refractivity contribution >= 4 is 15.9 Å². The van der Waals surface area contributed by atoms with Crippen LogP contribution in [-0.2, 0) is 19.6 Å². The summed E-state index contributed by atoms with van der Waals surface area (Å²) in [7, 11) is -3.26. The molecule has 1 heterocycles. The number of nitrogens with zero attached hydrogens (tertiary/aromatic N) is 1. The van der Waals surface area contributed by atoms with E-state index in [1.807, 2.05) is 0 Å². The van der Waals surface area contributed by atoms with E-state index in [9.17, 15) is 17.6 Å². The average molecular weight is 346 g/mol. The quantitative estimate of drug-likeness (QED) is 0.783. The van der Waals surface area contributed by atoms with Gasteiger partial charge >= 0.3 is 0 Å². The standard InChI is InChI=1S/C14H19FN2O5S/c1-23(19,20)17-6-7-21-13(9-17)8-16-14(18)10-22-12-4-2-11(15)3-5-12/h2-5,13H,6-10H2,1H3,(H,16,18)/t13-/m0/s1. The smallest absolute Gasteiger partial charge is 0.258 e. The molecule has 0 aromatic heterocycles. The van der Waals surface area contributed by atoms with Crippen LogP contribution in [0.15, 0.2) is 24.3 Å². The Bertz CT molecular complexity index is 635. The molecular weight excluding hydrogens is 327 g/mol. The maximum absolute atomic E-state index is 12.7. The van der Waals surface area contributed by atoms with Crippen LogP contribution in [0.2, 0.25) is 0 Å². The Morgan fingerprint density at radius 3 is 2.78 bits per heavy atom. The van der Waals surface area contributed by atoms with Crippen molar-refractivity contribution in [3.8, 4) is 5.75 Å². The molecule has 7 nitrogen and oxygen atoms in total. The van der Waals surface area contributed by atoms with Crippen LogP contribution in [0.25, 0.3) is 0 Å². The van der Waals surface area contributed by atoms with Crippen LogP contribution in [0.5, 0.6) is 5.75 Å². The molecule has 0 unspecified atom stereocenters. The van der Waals surface area contributed by atoms with Gasteiger partial charge in [-0.3, -0.25) is 4.79 Å². The predicted octanol–water partition coefficient (Wildman–Crippen LogP) is -0.0189. The summed E-state index contributed by atoms with van der Waals surface area (Å²) in [6, 6.07) is 5.33. The van der Waals surface area contributed by atoms with Gasteiger partial charge < -0.3 is 14.8 Å². The number of nitrogens with one attached hydrogen (secondary N) is 1. The van der Waals surface area contributed by atoms with Crippen LogP contribution >= 0.6 is 0 Å². The van der Waals surface area contributed by atoms with Crippen LogP contribution in [0.1, 0.15) is 0 Å². The van der Waals surface area contributed by atoms with Gasteiger partial charge in [-0.2, -0.15) is 4.31 Å². The maximum atomic E-state index is 12.7. The fourth-order valence-corrected chi connectivity index (χ4v) is 2.92. The van der Waals surface area contributed by atoms with Gasteiger partial charge in [0, 0.05) is 19.6 Å². The van der Waals surface area contributed by atoms with Crippen LogP contribution in [0.3, 0.4) is 0 Å². The molecule has 0 bridgehead atoms. The topological polar surface area (TPSA) is 84.9 Å². The normalized spacial score (nSPS) is 19.3. The number of hydrogen-bond acceptors (Lipinski definition) is 5. The molecule has 0 aliphatic carbocycles. The minimum absolute atomic E-state index is 0.192. The molecule has 0 saturated carbocycles. The molecule has 23 heavy (non-hydrogen) atoms. The second kappa shape index (κ2) is 7.71. The minimum Gasteiger partial charge on any atom is -0.484 e. The van der Waals surface area contributed by atoms with Crippen LogP contribution < -0.4 is 10.1 Å². The van der Waals surface area contributed by atoms with Crippen molar-refractivity contribution in [3.05, 3.63) is 30.1 Å². The van der Waals surface area contributed by atoms with Gasteiger partial charge in [-0.1, -0.05) is 0 Å². The third-order valence-electron chi connectivity index (χ3n) is 3.28. The summed E-state index contributed by atoms with van der Waals surface area (Å²) in [5.74, 6) is -0.361. The SMILES string of the molecule is CS(=O)(=O)N1CCO[C@@H](CNC(=O)COc2ccc(F)cc2)C1. The highest BCUT2D eigenvalue weighted by Crippen LogP contribution is 2.11. The van der Waals surface area contributed by atoms with E-state index < -0.39 is 16.1 Å². The fourth-order valence-electron chi connectivity index (χ4n) is 2.08. The number of hydrogen-bond donors (Lipinski definition) is 1. The molecule has 1 saturated heterocycles. The number of amides is 1. The Morgan fingerprint density at radius 1 is 1.43 bits per heavy atom. The zero-order valence-corrected chi connectivity index (χ0v) is 13.5. The van der Waals surface area contributed by atoms with E-state index >= 15 is 0 Å². The molecule has 1 aromatic rings. The summed E-state index contributed by atoms with van der Waals surface area (Å²) in [4.78, 5) is 11.7. The first kappa shape index (κ1) is 17.6. The maximum Gasteiger partial charge on any atom is 0.258 e. The predicted molar refractivity (Wildman–Crippen MR) is 81.1 cm³/mol. The summed E-state index contributed by atoms with van der Waals surface area (Å²) in [5, 5.41) is 2.62. The van der Waals surface area contributed by atoms with Crippen LogP contribution in [0, 0.1) is 5.82 Å². The van der Waals surface area contributed by atoms with Gasteiger partial charge in [-0.25, -0.2) is 12.8 Å². The molecule has 1 atom stereocenters. The summed E-state index contributed by atoms with van der Waals surface area (Å²) >= 11 is 0. The van der Waals surface area contributed by atoms with Gasteiger partial charge in [-0.15, -0.1) is 0 Å². The average Bonchev–Trinajstić information content (AvgIpc) is 2.52. The molecule has 9 heteroatoms. The molecular formula is C14H19FN2O5S. The van der Waals surface area contributed by atoms with Crippen molar-refractivity contribution in [2.24, 2.45) is 0 Å². The molecule has 1 N–H and O–H groups in total. The Labute approximate surface area is 134 Å². The molecule has 0 spiro atoms. The lowest BCUT2D eigenvalue weighted by Gasteiger charge is -2.31. The minimum atomic E-state index is -3.26. The van der Waals surface area contributed by atoms with Crippen molar-refractivity contribution in [3.63, 3.8) is 0 Å². The van der Waals surface area contributed by atoms with Crippen molar-refractivity contribution in [2.75, 3.05) is 39.1 Å². The summed E-state index contributed by atoms with van der Waals surface area (Å²) in [6.45, 7) is 0.792. The number of rotatable bonds is 6. The Hall–Kier alpha value is -1.71. The van der Waals surface area contributed by atoms with Gasteiger partial charge in [0.1, 0.15) is 11.6 Å². The third-order valence-corrected chi connectivity index (χ3v) is 4.55. The summed E-state index contributed by atoms with van der Waals surface area (Å²) < 4.78 is 47.7. The van der Waals surface area contributed by atoms with Crippen molar-refractivity contribution in [1.29, 1.82) is 0 Å². The first-order chi connectivity index (χ1) is 10.8. The fraction of sp³-hybridized carbons (Fsp3) is 0.500.